The molecule has 2 aromatic rings. The van der Waals surface area contributed by atoms with Gasteiger partial charge in [-0.2, -0.15) is 0 Å². The van der Waals surface area contributed by atoms with Crippen molar-refractivity contribution < 1.29 is 27.7 Å². The van der Waals surface area contributed by atoms with Crippen LogP contribution < -0.4 is 0 Å². The molecule has 0 spiro atoms. The Morgan fingerprint density at radius 1 is 1.09 bits per heavy atom. The zero-order valence-corrected chi connectivity index (χ0v) is 22.5. The summed E-state index contributed by atoms with van der Waals surface area (Å²) in [4.78, 5) is 15.1. The second-order valence-electron chi connectivity index (χ2n) is 10.5. The number of likely N-dealkylation sites (N-methyl/N-ethyl adjacent to an activating group) is 1. The standard InChI is InChI=1S/C24H39N2O6P/c1-17-11-12-21-20(15-17)19(13-14-25(9)10)16-26(21)22(27)29-18(2)30-33(28,31-23(3,4)5)32-24(6,7)8/h11-12,15-16,18H,13-14H2,1-10H3. The Balaban J connectivity index is 2.26. The molecule has 0 aliphatic carbocycles. The van der Waals surface area contributed by atoms with Crippen molar-refractivity contribution in [2.45, 2.75) is 79.3 Å². The fourth-order valence-corrected chi connectivity index (χ4v) is 5.11. The monoisotopic (exact) mass is 482 g/mol. The van der Waals surface area contributed by atoms with Crippen LogP contribution in [0.25, 0.3) is 10.9 Å². The molecule has 1 atom stereocenters. The van der Waals surface area contributed by atoms with Gasteiger partial charge in [0.25, 0.3) is 0 Å². The van der Waals surface area contributed by atoms with E-state index in [2.05, 4.69) is 11.0 Å². The number of hydrogen-bond acceptors (Lipinski definition) is 7. The summed E-state index contributed by atoms with van der Waals surface area (Å²) in [5, 5.41) is 1.00. The van der Waals surface area contributed by atoms with Crippen LogP contribution in [0.4, 0.5) is 4.79 Å². The van der Waals surface area contributed by atoms with Gasteiger partial charge in [0.2, 0.25) is 6.29 Å². The van der Waals surface area contributed by atoms with Crippen molar-refractivity contribution in [3.63, 3.8) is 0 Å². The van der Waals surface area contributed by atoms with Crippen LogP contribution in [0.5, 0.6) is 0 Å². The predicted octanol–water partition coefficient (Wildman–Crippen LogP) is 6.14. The van der Waals surface area contributed by atoms with Gasteiger partial charge < -0.3 is 9.64 Å². The summed E-state index contributed by atoms with van der Waals surface area (Å²) in [7, 11) is -0.0109. The Labute approximate surface area is 197 Å². The van der Waals surface area contributed by atoms with E-state index >= 15 is 0 Å². The molecule has 0 aliphatic rings. The SMILES string of the molecule is Cc1ccc2c(c1)c(CCN(C)C)cn2C(=O)OC(C)OP(=O)(OC(C)(C)C)OC(C)(C)C. The van der Waals surface area contributed by atoms with Crippen molar-refractivity contribution in [3.8, 4) is 0 Å². The minimum Gasteiger partial charge on any atom is -0.419 e. The molecule has 0 bridgehead atoms. The first-order valence-corrected chi connectivity index (χ1v) is 12.6. The van der Waals surface area contributed by atoms with Crippen LogP contribution in [0, 0.1) is 6.92 Å². The molecule has 0 saturated heterocycles. The summed E-state index contributed by atoms with van der Waals surface area (Å²) < 4.78 is 37.0. The van der Waals surface area contributed by atoms with Crippen molar-refractivity contribution in [2.24, 2.45) is 0 Å². The molecule has 1 aromatic carbocycles. The third-order valence-electron chi connectivity index (χ3n) is 4.38. The van der Waals surface area contributed by atoms with Gasteiger partial charge in [0.1, 0.15) is 0 Å². The topological polar surface area (TPSA) is 79.2 Å². The highest BCUT2D eigenvalue weighted by molar-refractivity contribution is 7.48. The molecule has 8 nitrogen and oxygen atoms in total. The van der Waals surface area contributed by atoms with Crippen molar-refractivity contribution in [3.05, 3.63) is 35.5 Å². The van der Waals surface area contributed by atoms with E-state index in [1.165, 1.54) is 11.5 Å². The molecule has 1 heterocycles. The molecule has 1 unspecified atom stereocenters. The zero-order chi connectivity index (χ0) is 25.2. The van der Waals surface area contributed by atoms with Crippen LogP contribution in [0.1, 0.15) is 59.6 Å². The van der Waals surface area contributed by atoms with Crippen molar-refractivity contribution in [1.29, 1.82) is 0 Å². The quantitative estimate of drug-likeness (QED) is 0.330. The number of phosphoric acid groups is 1. The number of ether oxygens (including phenoxy) is 1. The lowest BCUT2D eigenvalue weighted by molar-refractivity contribution is -0.0709. The number of carbonyl (C=O) groups is 1. The molecule has 0 amide bonds. The molecule has 186 valence electrons. The molecule has 1 aromatic heterocycles. The number of fused-ring (bicyclic) bond motifs is 1. The molecule has 0 radical (unpaired) electrons. The average molecular weight is 483 g/mol. The van der Waals surface area contributed by atoms with E-state index < -0.39 is 31.4 Å². The third-order valence-corrected chi connectivity index (χ3v) is 6.48. The van der Waals surface area contributed by atoms with E-state index in [0.29, 0.717) is 0 Å². The number of rotatable bonds is 8. The lowest BCUT2D eigenvalue weighted by Gasteiger charge is -2.32. The number of carbonyl (C=O) groups excluding carboxylic acids is 1. The Kier molecular flexibility index (Phi) is 8.58. The van der Waals surface area contributed by atoms with Crippen molar-refractivity contribution in [2.75, 3.05) is 20.6 Å². The van der Waals surface area contributed by atoms with Crippen molar-refractivity contribution in [1.82, 2.24) is 9.47 Å². The second kappa shape index (κ2) is 10.3. The summed E-state index contributed by atoms with van der Waals surface area (Å²) in [6, 6.07) is 5.91. The predicted molar refractivity (Wildman–Crippen MR) is 131 cm³/mol. The van der Waals surface area contributed by atoms with Crippen LogP contribution >= 0.6 is 7.82 Å². The fourth-order valence-electron chi connectivity index (χ4n) is 3.24. The summed E-state index contributed by atoms with van der Waals surface area (Å²) in [6.07, 6.45) is 0.777. The maximum atomic E-state index is 13.3. The largest absolute Gasteiger partial charge is 0.478 e. The molecule has 0 aliphatic heterocycles. The number of aryl methyl sites for hydroxylation is 1. The Morgan fingerprint density at radius 3 is 2.18 bits per heavy atom. The highest BCUT2D eigenvalue weighted by Crippen LogP contribution is 2.56. The Morgan fingerprint density at radius 2 is 1.67 bits per heavy atom. The van der Waals surface area contributed by atoms with E-state index in [0.717, 1.165) is 35.0 Å². The maximum absolute atomic E-state index is 13.3. The number of aromatic nitrogens is 1. The minimum absolute atomic E-state index is 0.634. The molecule has 9 heteroatoms. The van der Waals surface area contributed by atoms with Gasteiger partial charge in [-0.05, 0) is 93.6 Å². The maximum Gasteiger partial charge on any atom is 0.478 e. The first kappa shape index (κ1) is 27.5. The fraction of sp³-hybridized carbons (Fsp3) is 0.625. The van der Waals surface area contributed by atoms with Gasteiger partial charge >= 0.3 is 13.9 Å². The molecule has 0 saturated carbocycles. The molecule has 0 N–H and O–H groups in total. The summed E-state index contributed by atoms with van der Waals surface area (Å²) >= 11 is 0. The van der Waals surface area contributed by atoms with E-state index in [-0.39, 0.29) is 0 Å². The normalized spacial score (nSPS) is 14.2. The van der Waals surface area contributed by atoms with Gasteiger partial charge in [-0.3, -0.25) is 13.6 Å². The van der Waals surface area contributed by atoms with Gasteiger partial charge in [0.05, 0.1) is 16.7 Å². The van der Waals surface area contributed by atoms with Crippen LogP contribution in [-0.4, -0.2) is 53.7 Å². The molecule has 2 rings (SSSR count). The highest BCUT2D eigenvalue weighted by Gasteiger charge is 2.39. The van der Waals surface area contributed by atoms with E-state index in [9.17, 15) is 9.36 Å². The van der Waals surface area contributed by atoms with Crippen LogP contribution in [0.3, 0.4) is 0 Å². The van der Waals surface area contributed by atoms with Crippen LogP contribution in [-0.2, 0) is 29.3 Å². The Hall–Kier alpha value is -1.70. The summed E-state index contributed by atoms with van der Waals surface area (Å²) in [5.41, 5.74) is 1.31. The molecule has 33 heavy (non-hydrogen) atoms. The summed E-state index contributed by atoms with van der Waals surface area (Å²) in [5.74, 6) is 0. The van der Waals surface area contributed by atoms with E-state index in [1.54, 1.807) is 47.7 Å². The van der Waals surface area contributed by atoms with Gasteiger partial charge in [-0.1, -0.05) is 11.6 Å². The van der Waals surface area contributed by atoms with Gasteiger partial charge in [0.15, 0.2) is 0 Å². The van der Waals surface area contributed by atoms with Crippen LogP contribution in [0.2, 0.25) is 0 Å². The average Bonchev–Trinajstić information content (AvgIpc) is 2.93. The molecular weight excluding hydrogens is 443 g/mol. The number of nitrogens with zero attached hydrogens (tertiary/aromatic N) is 2. The van der Waals surface area contributed by atoms with Gasteiger partial charge in [-0.15, -0.1) is 0 Å². The van der Waals surface area contributed by atoms with E-state index in [4.69, 9.17) is 18.3 Å². The number of benzene rings is 1. The highest BCUT2D eigenvalue weighted by atomic mass is 31.2. The number of phosphoric ester groups is 1. The zero-order valence-electron chi connectivity index (χ0n) is 21.6. The van der Waals surface area contributed by atoms with Gasteiger partial charge in [0, 0.05) is 18.1 Å². The Bertz CT molecular complexity index is 996. The van der Waals surface area contributed by atoms with E-state index in [1.807, 2.05) is 33.2 Å². The lowest BCUT2D eigenvalue weighted by Crippen LogP contribution is -2.28. The third kappa shape index (κ3) is 8.54. The lowest BCUT2D eigenvalue weighted by atomic mass is 10.1. The molecule has 0 fully saturated rings. The summed E-state index contributed by atoms with van der Waals surface area (Å²) in [6.45, 7) is 14.8. The van der Waals surface area contributed by atoms with Crippen molar-refractivity contribution >= 4 is 24.8 Å². The molecular formula is C24H39N2O6P. The first-order valence-electron chi connectivity index (χ1n) is 11.1. The second-order valence-corrected chi connectivity index (χ2v) is 12.0. The number of hydrogen-bond donors (Lipinski definition) is 0. The van der Waals surface area contributed by atoms with Gasteiger partial charge in [-0.25, -0.2) is 13.9 Å². The van der Waals surface area contributed by atoms with Crippen LogP contribution in [0.15, 0.2) is 24.4 Å². The minimum atomic E-state index is -4.03. The smallest absolute Gasteiger partial charge is 0.419 e. The first-order chi connectivity index (χ1) is 15.0.